The summed E-state index contributed by atoms with van der Waals surface area (Å²) in [5.74, 6) is 0.0846. The number of hydrogen-bond donors (Lipinski definition) is 1. The number of hydrogen-bond acceptors (Lipinski definition) is 5. The highest BCUT2D eigenvalue weighted by molar-refractivity contribution is 7.11. The van der Waals surface area contributed by atoms with Crippen LogP contribution in [0.3, 0.4) is 0 Å². The highest BCUT2D eigenvalue weighted by Gasteiger charge is 2.29. The lowest BCUT2D eigenvalue weighted by Crippen LogP contribution is -2.39. The van der Waals surface area contributed by atoms with Gasteiger partial charge in [0.15, 0.2) is 0 Å². The first kappa shape index (κ1) is 18.0. The Balaban J connectivity index is 1.55. The Hall–Kier alpha value is -1.79. The van der Waals surface area contributed by atoms with Crippen molar-refractivity contribution in [2.75, 3.05) is 19.6 Å². The lowest BCUT2D eigenvalue weighted by molar-refractivity contribution is -0.126. The number of carbonyl (C=O) groups is 1. The van der Waals surface area contributed by atoms with E-state index in [2.05, 4.69) is 27.1 Å². The molecule has 0 unspecified atom stereocenters. The number of nitrogens with zero attached hydrogens (tertiary/aromatic N) is 3. The van der Waals surface area contributed by atoms with Gasteiger partial charge in [-0.2, -0.15) is 0 Å². The first-order chi connectivity index (χ1) is 12.1. The molecule has 1 atom stereocenters. The fourth-order valence-electron chi connectivity index (χ4n) is 3.26. The number of rotatable bonds is 7. The maximum Gasteiger partial charge on any atom is 0.242 e. The van der Waals surface area contributed by atoms with Gasteiger partial charge < -0.3 is 5.32 Å². The second kappa shape index (κ2) is 8.54. The molecule has 0 spiro atoms. The zero-order valence-corrected chi connectivity index (χ0v) is 15.8. The van der Waals surface area contributed by atoms with Crippen molar-refractivity contribution in [3.63, 3.8) is 0 Å². The molecule has 6 heteroatoms. The highest BCUT2D eigenvalue weighted by Crippen LogP contribution is 2.25. The molecule has 1 aliphatic heterocycles. The molecule has 0 aliphatic carbocycles. The van der Waals surface area contributed by atoms with Crippen LogP contribution in [0.25, 0.3) is 0 Å². The second-order valence-electron chi connectivity index (χ2n) is 6.58. The van der Waals surface area contributed by atoms with Crippen molar-refractivity contribution in [1.29, 1.82) is 0 Å². The molecule has 3 heterocycles. The van der Waals surface area contributed by atoms with Crippen molar-refractivity contribution in [3.8, 4) is 0 Å². The molecular weight excluding hydrogens is 332 g/mol. The molecule has 1 saturated heterocycles. The average Bonchev–Trinajstić information content (AvgIpc) is 3.24. The maximum atomic E-state index is 12.8. The molecule has 1 aliphatic rings. The Morgan fingerprint density at radius 3 is 2.80 bits per heavy atom. The summed E-state index contributed by atoms with van der Waals surface area (Å²) in [5, 5.41) is 4.28. The Morgan fingerprint density at radius 1 is 1.36 bits per heavy atom. The van der Waals surface area contributed by atoms with Crippen molar-refractivity contribution < 1.29 is 4.79 Å². The highest BCUT2D eigenvalue weighted by atomic mass is 32.1. The third-order valence-electron chi connectivity index (χ3n) is 4.69. The van der Waals surface area contributed by atoms with E-state index in [0.717, 1.165) is 55.0 Å². The maximum absolute atomic E-state index is 12.8. The van der Waals surface area contributed by atoms with Gasteiger partial charge in [-0.15, -0.1) is 11.3 Å². The van der Waals surface area contributed by atoms with Crippen LogP contribution in [-0.2, 0) is 11.2 Å². The van der Waals surface area contributed by atoms with E-state index in [0.29, 0.717) is 6.54 Å². The van der Waals surface area contributed by atoms with Crippen molar-refractivity contribution >= 4 is 17.2 Å². The molecule has 134 valence electrons. The van der Waals surface area contributed by atoms with E-state index >= 15 is 0 Å². The monoisotopic (exact) mass is 358 g/mol. The Labute approximate surface area is 153 Å². The topological polar surface area (TPSA) is 58.1 Å². The van der Waals surface area contributed by atoms with Crippen LogP contribution in [0.1, 0.15) is 46.4 Å². The quantitative estimate of drug-likeness (QED) is 0.773. The van der Waals surface area contributed by atoms with E-state index < -0.39 is 0 Å². The van der Waals surface area contributed by atoms with Crippen LogP contribution < -0.4 is 5.32 Å². The van der Waals surface area contributed by atoms with Gasteiger partial charge in [0.25, 0.3) is 0 Å². The van der Waals surface area contributed by atoms with Gasteiger partial charge in [0.05, 0.1) is 10.7 Å². The van der Waals surface area contributed by atoms with Gasteiger partial charge in [-0.1, -0.05) is 6.07 Å². The number of carbonyl (C=O) groups excluding carboxylic acids is 1. The molecule has 2 aromatic heterocycles. The molecule has 1 fully saturated rings. The third kappa shape index (κ3) is 4.64. The van der Waals surface area contributed by atoms with Gasteiger partial charge in [-0.25, -0.2) is 4.98 Å². The normalized spacial score (nSPS) is 16.1. The minimum absolute atomic E-state index is 0.0846. The summed E-state index contributed by atoms with van der Waals surface area (Å²) in [5.41, 5.74) is 2.10. The molecule has 25 heavy (non-hydrogen) atoms. The van der Waals surface area contributed by atoms with Gasteiger partial charge >= 0.3 is 0 Å². The number of thiazole rings is 1. The van der Waals surface area contributed by atoms with Crippen LogP contribution in [0.5, 0.6) is 0 Å². The van der Waals surface area contributed by atoms with Crippen molar-refractivity contribution in [2.45, 2.75) is 45.6 Å². The Bertz CT molecular complexity index is 675. The fraction of sp³-hybridized carbons (Fsp3) is 0.526. The van der Waals surface area contributed by atoms with Crippen LogP contribution >= 0.6 is 11.3 Å². The molecule has 0 aromatic carbocycles. The summed E-state index contributed by atoms with van der Waals surface area (Å²) < 4.78 is 0. The summed E-state index contributed by atoms with van der Waals surface area (Å²) in [4.78, 5) is 25.1. The van der Waals surface area contributed by atoms with Crippen LogP contribution in [-0.4, -0.2) is 40.4 Å². The summed E-state index contributed by atoms with van der Waals surface area (Å²) in [6, 6.07) is 3.68. The largest absolute Gasteiger partial charge is 0.354 e. The van der Waals surface area contributed by atoms with Gasteiger partial charge in [0.1, 0.15) is 6.04 Å². The van der Waals surface area contributed by atoms with Crippen LogP contribution in [0.2, 0.25) is 0 Å². The SMILES string of the molecule is Cc1nc(CCCNC(=O)[C@@H](c2cccnc2)N2CCCC2)sc1C. The average molecular weight is 359 g/mol. The summed E-state index contributed by atoms with van der Waals surface area (Å²) in [6.07, 6.45) is 7.71. The van der Waals surface area contributed by atoms with E-state index in [1.165, 1.54) is 4.88 Å². The predicted molar refractivity (Wildman–Crippen MR) is 101 cm³/mol. The number of nitrogens with one attached hydrogen (secondary N) is 1. The summed E-state index contributed by atoms with van der Waals surface area (Å²) >= 11 is 1.76. The summed E-state index contributed by atoms with van der Waals surface area (Å²) in [7, 11) is 0. The van der Waals surface area contributed by atoms with Crippen LogP contribution in [0, 0.1) is 13.8 Å². The lowest BCUT2D eigenvalue weighted by Gasteiger charge is -2.26. The fourth-order valence-corrected chi connectivity index (χ4v) is 4.24. The number of amides is 1. The van der Waals surface area contributed by atoms with E-state index in [1.807, 2.05) is 25.3 Å². The standard InChI is InChI=1S/C19H26N4OS/c1-14-15(2)25-17(22-14)8-6-10-21-19(24)18(23-11-3-4-12-23)16-7-5-9-20-13-16/h5,7,9,13,18H,3-4,6,8,10-12H2,1-2H3,(H,21,24)/t18-/m1/s1. The molecule has 0 saturated carbocycles. The predicted octanol–water partition coefficient (Wildman–Crippen LogP) is 3.04. The van der Waals surface area contributed by atoms with Crippen LogP contribution in [0.15, 0.2) is 24.5 Å². The molecule has 2 aromatic rings. The minimum atomic E-state index is -0.222. The van der Waals surface area contributed by atoms with Crippen molar-refractivity contribution in [2.24, 2.45) is 0 Å². The molecule has 3 rings (SSSR count). The molecule has 1 amide bonds. The number of likely N-dealkylation sites (tertiary alicyclic amines) is 1. The van der Waals surface area contributed by atoms with E-state index in [4.69, 9.17) is 0 Å². The Kier molecular flexibility index (Phi) is 6.15. The molecular formula is C19H26N4OS. The van der Waals surface area contributed by atoms with E-state index in [1.54, 1.807) is 17.5 Å². The van der Waals surface area contributed by atoms with Gasteiger partial charge in [-0.3, -0.25) is 14.7 Å². The minimum Gasteiger partial charge on any atom is -0.354 e. The van der Waals surface area contributed by atoms with Crippen LogP contribution in [0.4, 0.5) is 0 Å². The first-order valence-corrected chi connectivity index (χ1v) is 9.81. The van der Waals surface area contributed by atoms with E-state index in [9.17, 15) is 4.79 Å². The number of aromatic nitrogens is 2. The molecule has 1 N–H and O–H groups in total. The third-order valence-corrected chi connectivity index (χ3v) is 5.83. The lowest BCUT2D eigenvalue weighted by atomic mass is 10.1. The molecule has 0 bridgehead atoms. The van der Waals surface area contributed by atoms with Crippen molar-refractivity contribution in [3.05, 3.63) is 45.7 Å². The van der Waals surface area contributed by atoms with Gasteiger partial charge in [0.2, 0.25) is 5.91 Å². The van der Waals surface area contributed by atoms with Gasteiger partial charge in [-0.05, 0) is 57.8 Å². The smallest absolute Gasteiger partial charge is 0.242 e. The zero-order chi connectivity index (χ0) is 17.6. The Morgan fingerprint density at radius 2 is 2.16 bits per heavy atom. The molecule has 0 radical (unpaired) electrons. The number of pyridine rings is 1. The first-order valence-electron chi connectivity index (χ1n) is 9.00. The number of aryl methyl sites for hydroxylation is 3. The summed E-state index contributed by atoms with van der Waals surface area (Å²) in [6.45, 7) is 6.79. The second-order valence-corrected chi connectivity index (χ2v) is 7.86. The zero-order valence-electron chi connectivity index (χ0n) is 15.0. The van der Waals surface area contributed by atoms with Gasteiger partial charge in [0, 0.05) is 30.2 Å². The van der Waals surface area contributed by atoms with E-state index in [-0.39, 0.29) is 11.9 Å². The van der Waals surface area contributed by atoms with Crippen molar-refractivity contribution in [1.82, 2.24) is 20.2 Å². The molecule has 5 nitrogen and oxygen atoms in total.